The van der Waals surface area contributed by atoms with Gasteiger partial charge in [0.05, 0.1) is 12.6 Å². The van der Waals surface area contributed by atoms with Gasteiger partial charge >= 0.3 is 12.1 Å². The van der Waals surface area contributed by atoms with Gasteiger partial charge in [-0.15, -0.1) is 0 Å². The van der Waals surface area contributed by atoms with Crippen molar-refractivity contribution in [2.45, 2.75) is 106 Å². The number of ketones is 1. The largest absolute Gasteiger partial charge is 0.444 e. The molecule has 1 rings (SSSR count). The van der Waals surface area contributed by atoms with E-state index in [2.05, 4.69) is 16.0 Å². The SMILES string of the molecule is CC(C)[C@H]1CCN(C(=O)[C@@H](NC(=O)N[C@H](CN(C)C(=O)OC(C)(C)C)C(C)(C)C)C(C)(C)C)[C@@H]1C(=O)NCC(=O)C(N)=O. The zero-order chi connectivity index (χ0) is 33.7. The highest BCUT2D eigenvalue weighted by Gasteiger charge is 2.47. The molecule has 13 nitrogen and oxygen atoms in total. The maximum atomic E-state index is 14.0. The Morgan fingerprint density at radius 3 is 1.93 bits per heavy atom. The Hall–Kier alpha value is -3.38. The third-order valence-corrected chi connectivity index (χ3v) is 7.45. The molecular weight excluding hydrogens is 556 g/mol. The number of carbonyl (C=O) groups is 6. The van der Waals surface area contributed by atoms with Crippen molar-refractivity contribution in [2.24, 2.45) is 28.4 Å². The minimum absolute atomic E-state index is 0.0410. The lowest BCUT2D eigenvalue weighted by molar-refractivity contribution is -0.143. The van der Waals surface area contributed by atoms with Crippen LogP contribution in [-0.4, -0.2) is 95.8 Å². The van der Waals surface area contributed by atoms with E-state index in [-0.39, 0.29) is 24.9 Å². The number of rotatable bonds is 10. The standard InChI is InChI=1S/C30H54N6O7/c1-17(2)18-13-14-36(21(18)24(39)32-15-19(37)23(31)38)25(40)22(29(6,7)8)34-26(41)33-20(28(3,4)5)16-35(12)27(42)43-30(9,10)11/h17-18,20-22H,13-16H2,1-12H3,(H2,31,38)(H,32,39)(H2,33,34,41)/t18-,20-,21+,22-/m1/s1. The summed E-state index contributed by atoms with van der Waals surface area (Å²) in [5, 5.41) is 8.20. The first kappa shape index (κ1) is 37.6. The Morgan fingerprint density at radius 2 is 1.49 bits per heavy atom. The van der Waals surface area contributed by atoms with E-state index in [1.165, 1.54) is 9.80 Å². The van der Waals surface area contributed by atoms with E-state index >= 15 is 0 Å². The van der Waals surface area contributed by atoms with Gasteiger partial charge in [0.1, 0.15) is 17.7 Å². The summed E-state index contributed by atoms with van der Waals surface area (Å²) in [6.07, 6.45) is 0.0273. The molecule has 6 amide bonds. The molecule has 1 saturated heterocycles. The molecule has 0 bridgehead atoms. The van der Waals surface area contributed by atoms with E-state index in [0.29, 0.717) is 6.42 Å². The number of primary amides is 1. The van der Waals surface area contributed by atoms with E-state index in [1.807, 2.05) is 55.4 Å². The zero-order valence-electron chi connectivity index (χ0n) is 28.0. The monoisotopic (exact) mass is 610 g/mol. The molecular formula is C30H54N6O7. The second kappa shape index (κ2) is 14.4. The van der Waals surface area contributed by atoms with Crippen LogP contribution in [0.3, 0.4) is 0 Å². The molecule has 0 aliphatic carbocycles. The van der Waals surface area contributed by atoms with Gasteiger partial charge in [-0.05, 0) is 49.9 Å². The highest BCUT2D eigenvalue weighted by Crippen LogP contribution is 2.33. The van der Waals surface area contributed by atoms with Gasteiger partial charge in [-0.3, -0.25) is 19.2 Å². The second-order valence-electron chi connectivity index (χ2n) is 14.9. The van der Waals surface area contributed by atoms with Crippen molar-refractivity contribution in [3.8, 4) is 0 Å². The number of ether oxygens (including phenoxy) is 1. The predicted molar refractivity (Wildman–Crippen MR) is 163 cm³/mol. The van der Waals surface area contributed by atoms with Crippen molar-refractivity contribution in [1.29, 1.82) is 0 Å². The summed E-state index contributed by atoms with van der Waals surface area (Å²) < 4.78 is 5.45. The van der Waals surface area contributed by atoms with Gasteiger partial charge in [0.15, 0.2) is 0 Å². The molecule has 43 heavy (non-hydrogen) atoms. The van der Waals surface area contributed by atoms with Gasteiger partial charge in [-0.2, -0.15) is 0 Å². The van der Waals surface area contributed by atoms with E-state index in [1.54, 1.807) is 27.8 Å². The lowest BCUT2D eigenvalue weighted by atomic mass is 9.84. The summed E-state index contributed by atoms with van der Waals surface area (Å²) in [4.78, 5) is 79.0. The summed E-state index contributed by atoms with van der Waals surface area (Å²) in [6, 6.07) is -3.00. The second-order valence-corrected chi connectivity index (χ2v) is 14.9. The Kier molecular flexibility index (Phi) is 12.6. The van der Waals surface area contributed by atoms with Gasteiger partial charge < -0.3 is 36.2 Å². The third kappa shape index (κ3) is 11.3. The highest BCUT2D eigenvalue weighted by atomic mass is 16.6. The van der Waals surface area contributed by atoms with Crippen molar-refractivity contribution in [3.05, 3.63) is 0 Å². The number of Topliss-reactive ketones (excluding diaryl/α,β-unsaturated/α-hetero) is 1. The summed E-state index contributed by atoms with van der Waals surface area (Å²) in [5.74, 6) is -3.26. The molecule has 0 unspecified atom stereocenters. The van der Waals surface area contributed by atoms with Crippen molar-refractivity contribution in [2.75, 3.05) is 26.7 Å². The minimum Gasteiger partial charge on any atom is -0.444 e. The van der Waals surface area contributed by atoms with Crippen molar-refractivity contribution in [1.82, 2.24) is 25.8 Å². The highest BCUT2D eigenvalue weighted by molar-refractivity contribution is 6.36. The first-order valence-corrected chi connectivity index (χ1v) is 14.8. The number of hydrogen-bond acceptors (Lipinski definition) is 7. The number of nitrogens with two attached hydrogens (primary N) is 1. The molecule has 4 atom stereocenters. The van der Waals surface area contributed by atoms with Gasteiger partial charge in [0.2, 0.25) is 17.6 Å². The van der Waals surface area contributed by atoms with Crippen molar-refractivity contribution in [3.63, 3.8) is 0 Å². The van der Waals surface area contributed by atoms with Crippen LogP contribution in [0.5, 0.6) is 0 Å². The number of nitrogens with zero attached hydrogens (tertiary/aromatic N) is 2. The van der Waals surface area contributed by atoms with Crippen molar-refractivity contribution < 1.29 is 33.5 Å². The van der Waals surface area contributed by atoms with Crippen LogP contribution in [0.1, 0.15) is 82.6 Å². The number of amides is 6. The molecule has 5 N–H and O–H groups in total. The summed E-state index contributed by atoms with van der Waals surface area (Å²) >= 11 is 0. The molecule has 1 heterocycles. The van der Waals surface area contributed by atoms with Gasteiger partial charge in [0.25, 0.3) is 5.91 Å². The van der Waals surface area contributed by atoms with Crippen LogP contribution >= 0.6 is 0 Å². The summed E-state index contributed by atoms with van der Waals surface area (Å²) in [7, 11) is 1.59. The first-order chi connectivity index (χ1) is 19.4. The molecule has 1 aliphatic rings. The fourth-order valence-electron chi connectivity index (χ4n) is 4.83. The molecule has 13 heteroatoms. The Morgan fingerprint density at radius 1 is 0.930 bits per heavy atom. The van der Waals surface area contributed by atoms with Crippen LogP contribution in [0, 0.1) is 22.7 Å². The third-order valence-electron chi connectivity index (χ3n) is 7.45. The summed E-state index contributed by atoms with van der Waals surface area (Å²) in [6.45, 7) is 20.3. The molecule has 0 aromatic heterocycles. The maximum Gasteiger partial charge on any atom is 0.410 e. The molecule has 0 aromatic carbocycles. The van der Waals surface area contributed by atoms with Gasteiger partial charge in [0, 0.05) is 20.1 Å². The average molecular weight is 611 g/mol. The molecule has 1 fully saturated rings. The van der Waals surface area contributed by atoms with E-state index in [0.717, 1.165) is 0 Å². The van der Waals surface area contributed by atoms with Gasteiger partial charge in [-0.1, -0.05) is 55.4 Å². The number of likely N-dealkylation sites (tertiary alicyclic amines) is 1. The summed E-state index contributed by atoms with van der Waals surface area (Å²) in [5.41, 5.74) is 3.14. The van der Waals surface area contributed by atoms with E-state index in [9.17, 15) is 28.8 Å². The Balaban J connectivity index is 3.19. The molecule has 0 radical (unpaired) electrons. The normalized spacial score (nSPS) is 18.9. The number of likely N-dealkylation sites (N-methyl/N-ethyl adjacent to an activating group) is 1. The minimum atomic E-state index is -1.16. The predicted octanol–water partition coefficient (Wildman–Crippen LogP) is 2.03. The lowest BCUT2D eigenvalue weighted by Gasteiger charge is -2.38. The van der Waals surface area contributed by atoms with Crippen LogP contribution in [0.25, 0.3) is 0 Å². The van der Waals surface area contributed by atoms with Crippen LogP contribution in [-0.2, 0) is 23.9 Å². The zero-order valence-corrected chi connectivity index (χ0v) is 28.0. The van der Waals surface area contributed by atoms with E-state index < -0.39 is 76.7 Å². The van der Waals surface area contributed by atoms with Crippen LogP contribution < -0.4 is 21.7 Å². The molecule has 0 spiro atoms. The van der Waals surface area contributed by atoms with Gasteiger partial charge in [-0.25, -0.2) is 9.59 Å². The first-order valence-electron chi connectivity index (χ1n) is 14.8. The molecule has 0 saturated carbocycles. The number of urea groups is 1. The van der Waals surface area contributed by atoms with Crippen molar-refractivity contribution >= 4 is 35.6 Å². The van der Waals surface area contributed by atoms with Crippen LogP contribution in [0.4, 0.5) is 9.59 Å². The Bertz CT molecular complexity index is 1050. The topological polar surface area (TPSA) is 180 Å². The van der Waals surface area contributed by atoms with Crippen LogP contribution in [0.2, 0.25) is 0 Å². The maximum absolute atomic E-state index is 14.0. The number of hydrogen-bond donors (Lipinski definition) is 4. The van der Waals surface area contributed by atoms with Crippen LogP contribution in [0.15, 0.2) is 0 Å². The fourth-order valence-corrected chi connectivity index (χ4v) is 4.83. The average Bonchev–Trinajstić information content (AvgIpc) is 3.28. The smallest absolute Gasteiger partial charge is 0.410 e. The molecule has 1 aliphatic heterocycles. The number of carbonyl (C=O) groups excluding carboxylic acids is 6. The molecule has 0 aromatic rings. The number of nitrogens with one attached hydrogen (secondary N) is 3. The quantitative estimate of drug-likeness (QED) is 0.273. The Labute approximate surface area is 256 Å². The lowest BCUT2D eigenvalue weighted by Crippen LogP contribution is -2.62. The molecule has 246 valence electrons. The van der Waals surface area contributed by atoms with E-state index in [4.69, 9.17) is 10.5 Å². The fraction of sp³-hybridized carbons (Fsp3) is 0.800.